The van der Waals surface area contributed by atoms with Gasteiger partial charge in [0, 0.05) is 12.1 Å². The molecule has 26 heavy (non-hydrogen) atoms. The molecule has 1 aliphatic heterocycles. The molecule has 3 rings (SSSR count). The second kappa shape index (κ2) is 8.92. The predicted molar refractivity (Wildman–Crippen MR) is 100 cm³/mol. The molecule has 0 bridgehead atoms. The van der Waals surface area contributed by atoms with Crippen molar-refractivity contribution >= 4 is 11.6 Å². The third kappa shape index (κ3) is 4.90. The number of carbonyl (C=O) groups is 1. The van der Waals surface area contributed by atoms with Crippen LogP contribution < -0.4 is 10.2 Å². The van der Waals surface area contributed by atoms with Gasteiger partial charge in [-0.2, -0.15) is 0 Å². The molecular weight excluding hydrogens is 331 g/mol. The van der Waals surface area contributed by atoms with Crippen LogP contribution in [0.4, 0.5) is 10.1 Å². The molecule has 1 saturated heterocycles. The van der Waals surface area contributed by atoms with Crippen LogP contribution in [0.1, 0.15) is 30.4 Å². The summed E-state index contributed by atoms with van der Waals surface area (Å²) >= 11 is 0. The number of aliphatic hydroxyl groups is 1. The lowest BCUT2D eigenvalue weighted by atomic mass is 9.94. The van der Waals surface area contributed by atoms with Crippen LogP contribution in [0.25, 0.3) is 0 Å². The molecular formula is C21H25FN2O2. The molecule has 1 fully saturated rings. The maximum Gasteiger partial charge on any atom is 0.227 e. The van der Waals surface area contributed by atoms with Gasteiger partial charge in [0.2, 0.25) is 5.91 Å². The lowest BCUT2D eigenvalue weighted by Gasteiger charge is -2.27. The van der Waals surface area contributed by atoms with Crippen LogP contribution in [0.3, 0.4) is 0 Å². The van der Waals surface area contributed by atoms with Crippen molar-refractivity contribution < 1.29 is 14.3 Å². The number of hydrogen-bond acceptors (Lipinski definition) is 3. The van der Waals surface area contributed by atoms with Gasteiger partial charge in [-0.05, 0) is 67.2 Å². The normalized spacial score (nSPS) is 15.0. The molecule has 4 nitrogen and oxygen atoms in total. The van der Waals surface area contributed by atoms with Crippen LogP contribution >= 0.6 is 0 Å². The molecule has 2 aromatic rings. The quantitative estimate of drug-likeness (QED) is 0.835. The van der Waals surface area contributed by atoms with Crippen molar-refractivity contribution in [3.63, 3.8) is 0 Å². The Morgan fingerprint density at radius 3 is 2.27 bits per heavy atom. The molecule has 0 radical (unpaired) electrons. The molecule has 1 aliphatic rings. The van der Waals surface area contributed by atoms with Crippen molar-refractivity contribution in [1.29, 1.82) is 0 Å². The van der Waals surface area contributed by atoms with Gasteiger partial charge >= 0.3 is 0 Å². The van der Waals surface area contributed by atoms with Gasteiger partial charge in [-0.1, -0.05) is 24.3 Å². The Bertz CT molecular complexity index is 710. The standard InChI is InChI=1S/C21H25FN2O2/c22-19-5-7-20(8-6-19)24(14-17-1-3-18(15-25)4-2-17)21(26)13-16-9-11-23-12-10-16/h1-8,16,23,25H,9-15H2. The second-order valence-electron chi connectivity index (χ2n) is 6.83. The summed E-state index contributed by atoms with van der Waals surface area (Å²) < 4.78 is 13.3. The van der Waals surface area contributed by atoms with Gasteiger partial charge in [0.05, 0.1) is 13.2 Å². The first-order chi connectivity index (χ1) is 12.7. The van der Waals surface area contributed by atoms with E-state index in [1.165, 1.54) is 12.1 Å². The first-order valence-electron chi connectivity index (χ1n) is 9.11. The summed E-state index contributed by atoms with van der Waals surface area (Å²) in [6, 6.07) is 13.6. The number of rotatable bonds is 6. The van der Waals surface area contributed by atoms with E-state index in [9.17, 15) is 14.3 Å². The molecule has 0 atom stereocenters. The Labute approximate surface area is 153 Å². The highest BCUT2D eigenvalue weighted by molar-refractivity contribution is 5.93. The fourth-order valence-corrected chi connectivity index (χ4v) is 3.32. The van der Waals surface area contributed by atoms with Crippen LogP contribution in [0.15, 0.2) is 48.5 Å². The molecule has 0 aliphatic carbocycles. The topological polar surface area (TPSA) is 52.6 Å². The number of amides is 1. The van der Waals surface area contributed by atoms with E-state index in [1.54, 1.807) is 17.0 Å². The summed E-state index contributed by atoms with van der Waals surface area (Å²) in [6.07, 6.45) is 2.52. The molecule has 0 spiro atoms. The van der Waals surface area contributed by atoms with Crippen LogP contribution in [0.5, 0.6) is 0 Å². The van der Waals surface area contributed by atoms with Crippen molar-refractivity contribution in [2.45, 2.75) is 32.4 Å². The van der Waals surface area contributed by atoms with Crippen LogP contribution in [-0.4, -0.2) is 24.1 Å². The number of benzene rings is 2. The Hall–Kier alpha value is -2.24. The molecule has 5 heteroatoms. The van der Waals surface area contributed by atoms with Gasteiger partial charge in [-0.3, -0.25) is 4.79 Å². The van der Waals surface area contributed by atoms with E-state index in [-0.39, 0.29) is 18.3 Å². The number of anilines is 1. The summed E-state index contributed by atoms with van der Waals surface area (Å²) in [5, 5.41) is 12.5. The molecule has 2 aromatic carbocycles. The molecule has 1 amide bonds. The monoisotopic (exact) mass is 356 g/mol. The third-order valence-corrected chi connectivity index (χ3v) is 4.91. The van der Waals surface area contributed by atoms with Gasteiger partial charge in [0.1, 0.15) is 5.82 Å². The summed E-state index contributed by atoms with van der Waals surface area (Å²) in [4.78, 5) is 14.7. The average molecular weight is 356 g/mol. The summed E-state index contributed by atoms with van der Waals surface area (Å²) in [6.45, 7) is 2.34. The molecule has 0 saturated carbocycles. The van der Waals surface area contributed by atoms with Crippen LogP contribution in [0, 0.1) is 11.7 Å². The smallest absolute Gasteiger partial charge is 0.227 e. The van der Waals surface area contributed by atoms with E-state index in [2.05, 4.69) is 5.32 Å². The predicted octanol–water partition coefficient (Wildman–Crippen LogP) is 3.24. The SMILES string of the molecule is O=C(CC1CCNCC1)N(Cc1ccc(CO)cc1)c1ccc(F)cc1. The second-order valence-corrected chi connectivity index (χ2v) is 6.83. The van der Waals surface area contributed by atoms with Gasteiger partial charge in [-0.25, -0.2) is 4.39 Å². The lowest BCUT2D eigenvalue weighted by molar-refractivity contribution is -0.119. The highest BCUT2D eigenvalue weighted by atomic mass is 19.1. The summed E-state index contributed by atoms with van der Waals surface area (Å²) in [7, 11) is 0. The van der Waals surface area contributed by atoms with Gasteiger partial charge in [0.25, 0.3) is 0 Å². The minimum absolute atomic E-state index is 0.00337. The van der Waals surface area contributed by atoms with Gasteiger partial charge < -0.3 is 15.3 Å². The third-order valence-electron chi connectivity index (χ3n) is 4.91. The largest absolute Gasteiger partial charge is 0.392 e. The van der Waals surface area contributed by atoms with E-state index in [0.717, 1.165) is 37.1 Å². The Morgan fingerprint density at radius 1 is 1.04 bits per heavy atom. The van der Waals surface area contributed by atoms with E-state index < -0.39 is 0 Å². The van der Waals surface area contributed by atoms with E-state index in [0.29, 0.717) is 24.6 Å². The first-order valence-corrected chi connectivity index (χ1v) is 9.11. The highest BCUT2D eigenvalue weighted by Gasteiger charge is 2.22. The minimum atomic E-state index is -0.313. The number of hydrogen-bond donors (Lipinski definition) is 2. The van der Waals surface area contributed by atoms with E-state index in [1.807, 2.05) is 24.3 Å². The Morgan fingerprint density at radius 2 is 1.65 bits per heavy atom. The number of halogens is 1. The number of nitrogens with zero attached hydrogens (tertiary/aromatic N) is 1. The maximum absolute atomic E-state index is 13.3. The number of carbonyl (C=O) groups excluding carboxylic acids is 1. The fraction of sp³-hybridized carbons (Fsp3) is 0.381. The zero-order valence-electron chi connectivity index (χ0n) is 14.8. The molecule has 138 valence electrons. The Kier molecular flexibility index (Phi) is 6.36. The first kappa shape index (κ1) is 18.5. The van der Waals surface area contributed by atoms with Crippen molar-refractivity contribution in [3.8, 4) is 0 Å². The van der Waals surface area contributed by atoms with Crippen molar-refractivity contribution in [1.82, 2.24) is 5.32 Å². The summed E-state index contributed by atoms with van der Waals surface area (Å²) in [5.41, 5.74) is 2.52. The van der Waals surface area contributed by atoms with Crippen LogP contribution in [-0.2, 0) is 17.9 Å². The number of aliphatic hydroxyl groups excluding tert-OH is 1. The molecule has 0 unspecified atom stereocenters. The number of piperidine rings is 1. The van der Waals surface area contributed by atoms with Gasteiger partial charge in [-0.15, -0.1) is 0 Å². The fourth-order valence-electron chi connectivity index (χ4n) is 3.32. The molecule has 2 N–H and O–H groups in total. The van der Waals surface area contributed by atoms with Gasteiger partial charge in [0.15, 0.2) is 0 Å². The van der Waals surface area contributed by atoms with E-state index >= 15 is 0 Å². The molecule has 1 heterocycles. The van der Waals surface area contributed by atoms with E-state index in [4.69, 9.17) is 0 Å². The lowest BCUT2D eigenvalue weighted by Crippen LogP contribution is -2.35. The van der Waals surface area contributed by atoms with Crippen LogP contribution in [0.2, 0.25) is 0 Å². The highest BCUT2D eigenvalue weighted by Crippen LogP contribution is 2.23. The Balaban J connectivity index is 1.77. The average Bonchev–Trinajstić information content (AvgIpc) is 2.68. The number of nitrogens with one attached hydrogen (secondary N) is 1. The molecule has 0 aromatic heterocycles. The maximum atomic E-state index is 13.3. The zero-order chi connectivity index (χ0) is 18.4. The van der Waals surface area contributed by atoms with Crippen molar-refractivity contribution in [2.75, 3.05) is 18.0 Å². The minimum Gasteiger partial charge on any atom is -0.392 e. The van der Waals surface area contributed by atoms with Crippen molar-refractivity contribution in [2.24, 2.45) is 5.92 Å². The summed E-state index contributed by atoms with van der Waals surface area (Å²) in [5.74, 6) is 0.144. The zero-order valence-corrected chi connectivity index (χ0v) is 14.8. The van der Waals surface area contributed by atoms with Crippen molar-refractivity contribution in [3.05, 3.63) is 65.5 Å².